The van der Waals surface area contributed by atoms with Crippen molar-refractivity contribution in [1.29, 1.82) is 0 Å². The minimum Gasteiger partial charge on any atom is -0.388 e. The Balaban J connectivity index is 3.11. The van der Waals surface area contributed by atoms with E-state index in [4.69, 9.17) is 0 Å². The molecule has 0 aliphatic carbocycles. The van der Waals surface area contributed by atoms with Gasteiger partial charge in [-0.1, -0.05) is 37.6 Å². The Morgan fingerprint density at radius 3 is 1.81 bits per heavy atom. The molecular weight excluding hydrogens is 305 g/mol. The molecule has 1 rings (SSSR count). The molecule has 0 spiro atoms. The van der Waals surface area contributed by atoms with Gasteiger partial charge in [0.2, 0.25) is 0 Å². The molecular formula is C13H13F7O. The lowest BCUT2D eigenvalue weighted by Crippen LogP contribution is -2.50. The molecule has 0 saturated carbocycles. The van der Waals surface area contributed by atoms with Gasteiger partial charge in [-0.25, -0.2) is 0 Å². The zero-order valence-electron chi connectivity index (χ0n) is 10.9. The maximum absolute atomic E-state index is 13.4. The minimum atomic E-state index is -6.36. The average Bonchev–Trinajstić information content (AvgIpc) is 2.37. The van der Waals surface area contributed by atoms with Crippen LogP contribution < -0.4 is 0 Å². The van der Waals surface area contributed by atoms with Crippen LogP contribution in [0.4, 0.5) is 30.7 Å². The number of hydrogen-bond donors (Lipinski definition) is 1. The Kier molecular flexibility index (Phi) is 4.92. The molecule has 0 radical (unpaired) electrons. The van der Waals surface area contributed by atoms with Crippen molar-refractivity contribution in [2.75, 3.05) is 0 Å². The van der Waals surface area contributed by atoms with E-state index in [1.54, 1.807) is 6.92 Å². The lowest BCUT2D eigenvalue weighted by atomic mass is 9.98. The fraction of sp³-hybridized carbons (Fsp3) is 0.538. The molecule has 0 aliphatic heterocycles. The van der Waals surface area contributed by atoms with Crippen molar-refractivity contribution in [3.05, 3.63) is 35.4 Å². The highest BCUT2D eigenvalue weighted by Crippen LogP contribution is 2.51. The lowest BCUT2D eigenvalue weighted by molar-refractivity contribution is -0.359. The molecule has 21 heavy (non-hydrogen) atoms. The standard InChI is InChI=1S/C13H13F7O/c1-2-3-10(21)8-4-6-9(7-5-8)11(14,15)12(16,17)13(18,19)20/h4-7,10,21H,2-3H2,1H3. The Morgan fingerprint density at radius 2 is 1.43 bits per heavy atom. The van der Waals surface area contributed by atoms with Crippen LogP contribution in [0.15, 0.2) is 24.3 Å². The van der Waals surface area contributed by atoms with Crippen LogP contribution >= 0.6 is 0 Å². The van der Waals surface area contributed by atoms with Gasteiger partial charge < -0.3 is 5.11 Å². The molecule has 0 fully saturated rings. The van der Waals surface area contributed by atoms with E-state index in [1.165, 1.54) is 0 Å². The Hall–Kier alpha value is -1.31. The summed E-state index contributed by atoms with van der Waals surface area (Å²) in [7, 11) is 0. The molecule has 0 aromatic heterocycles. The molecule has 8 heteroatoms. The summed E-state index contributed by atoms with van der Waals surface area (Å²) in [5.74, 6) is -11.6. The molecule has 1 N–H and O–H groups in total. The Labute approximate surface area is 116 Å². The van der Waals surface area contributed by atoms with E-state index in [-0.39, 0.29) is 5.56 Å². The van der Waals surface area contributed by atoms with E-state index in [0.29, 0.717) is 25.0 Å². The van der Waals surface area contributed by atoms with Crippen LogP contribution in [0.3, 0.4) is 0 Å². The summed E-state index contributed by atoms with van der Waals surface area (Å²) in [5, 5.41) is 9.59. The fourth-order valence-electron chi connectivity index (χ4n) is 1.71. The van der Waals surface area contributed by atoms with Gasteiger partial charge in [0.05, 0.1) is 6.10 Å². The summed E-state index contributed by atoms with van der Waals surface area (Å²) in [4.78, 5) is 0. The number of aliphatic hydroxyl groups is 1. The number of aliphatic hydroxyl groups excluding tert-OH is 1. The monoisotopic (exact) mass is 318 g/mol. The molecule has 1 unspecified atom stereocenters. The number of halogens is 7. The van der Waals surface area contributed by atoms with Gasteiger partial charge >= 0.3 is 18.0 Å². The second-order valence-electron chi connectivity index (χ2n) is 4.57. The summed E-state index contributed by atoms with van der Waals surface area (Å²) in [5.41, 5.74) is -1.29. The van der Waals surface area contributed by atoms with Crippen LogP contribution in [0.1, 0.15) is 37.0 Å². The second-order valence-corrected chi connectivity index (χ2v) is 4.57. The molecule has 120 valence electrons. The summed E-state index contributed by atoms with van der Waals surface area (Å²) in [6.45, 7) is 1.76. The van der Waals surface area contributed by atoms with Crippen molar-refractivity contribution < 1.29 is 35.8 Å². The lowest BCUT2D eigenvalue weighted by Gasteiger charge is -2.28. The smallest absolute Gasteiger partial charge is 0.388 e. The van der Waals surface area contributed by atoms with E-state index >= 15 is 0 Å². The van der Waals surface area contributed by atoms with Gasteiger partial charge in [0, 0.05) is 5.56 Å². The van der Waals surface area contributed by atoms with Gasteiger partial charge in [0.25, 0.3) is 0 Å². The molecule has 0 amide bonds. The Bertz CT molecular complexity index is 464. The predicted molar refractivity (Wildman–Crippen MR) is 61.2 cm³/mol. The number of rotatable bonds is 5. The first kappa shape index (κ1) is 17.7. The van der Waals surface area contributed by atoms with E-state index < -0.39 is 29.7 Å². The summed E-state index contributed by atoms with van der Waals surface area (Å²) < 4.78 is 88.6. The van der Waals surface area contributed by atoms with Crippen LogP contribution in [-0.2, 0) is 5.92 Å². The van der Waals surface area contributed by atoms with Crippen molar-refractivity contribution >= 4 is 0 Å². The third-order valence-electron chi connectivity index (χ3n) is 2.97. The molecule has 1 aromatic rings. The van der Waals surface area contributed by atoms with E-state index in [9.17, 15) is 35.8 Å². The van der Waals surface area contributed by atoms with Gasteiger partial charge in [0.1, 0.15) is 0 Å². The normalized spacial score (nSPS) is 15.1. The third-order valence-corrected chi connectivity index (χ3v) is 2.97. The third kappa shape index (κ3) is 3.30. The topological polar surface area (TPSA) is 20.2 Å². The van der Waals surface area contributed by atoms with Gasteiger partial charge in [-0.15, -0.1) is 0 Å². The van der Waals surface area contributed by atoms with E-state index in [2.05, 4.69) is 0 Å². The van der Waals surface area contributed by atoms with Gasteiger partial charge in [-0.05, 0) is 12.0 Å². The number of alkyl halides is 7. The summed E-state index contributed by atoms with van der Waals surface area (Å²) in [6.07, 6.45) is -6.45. The van der Waals surface area contributed by atoms with Gasteiger partial charge in [-0.3, -0.25) is 0 Å². The van der Waals surface area contributed by atoms with Gasteiger partial charge in [-0.2, -0.15) is 30.7 Å². The highest BCUT2D eigenvalue weighted by atomic mass is 19.4. The largest absolute Gasteiger partial charge is 0.460 e. The first-order chi connectivity index (χ1) is 9.45. The Morgan fingerprint density at radius 1 is 0.952 bits per heavy atom. The first-order valence-electron chi connectivity index (χ1n) is 6.06. The minimum absolute atomic E-state index is 0.173. The molecule has 0 bridgehead atoms. The van der Waals surface area contributed by atoms with Gasteiger partial charge in [0.15, 0.2) is 0 Å². The zero-order valence-corrected chi connectivity index (χ0v) is 10.9. The van der Waals surface area contributed by atoms with Crippen molar-refractivity contribution in [1.82, 2.24) is 0 Å². The maximum Gasteiger partial charge on any atom is 0.460 e. The van der Waals surface area contributed by atoms with E-state index in [0.717, 1.165) is 12.1 Å². The average molecular weight is 318 g/mol. The second kappa shape index (κ2) is 5.82. The molecule has 1 aromatic carbocycles. The number of benzene rings is 1. The SMILES string of the molecule is CCCC(O)c1ccc(C(F)(F)C(F)(F)C(F)(F)F)cc1. The van der Waals surface area contributed by atoms with Crippen molar-refractivity contribution in [3.63, 3.8) is 0 Å². The van der Waals surface area contributed by atoms with Crippen LogP contribution in [0.25, 0.3) is 0 Å². The number of hydrogen-bond acceptors (Lipinski definition) is 1. The summed E-state index contributed by atoms with van der Waals surface area (Å²) in [6, 6.07) is 2.76. The quantitative estimate of drug-likeness (QED) is 0.773. The molecule has 1 nitrogen and oxygen atoms in total. The summed E-state index contributed by atoms with van der Waals surface area (Å²) >= 11 is 0. The molecule has 1 atom stereocenters. The zero-order chi connectivity index (χ0) is 16.5. The first-order valence-corrected chi connectivity index (χ1v) is 6.06. The highest BCUT2D eigenvalue weighted by molar-refractivity contribution is 5.29. The van der Waals surface area contributed by atoms with E-state index in [1.807, 2.05) is 0 Å². The van der Waals surface area contributed by atoms with Crippen molar-refractivity contribution in [3.8, 4) is 0 Å². The maximum atomic E-state index is 13.4. The van der Waals surface area contributed by atoms with Crippen LogP contribution in [-0.4, -0.2) is 17.2 Å². The molecule has 0 saturated heterocycles. The van der Waals surface area contributed by atoms with Crippen LogP contribution in [0.5, 0.6) is 0 Å². The molecule has 0 aliphatic rings. The van der Waals surface area contributed by atoms with Crippen LogP contribution in [0.2, 0.25) is 0 Å². The predicted octanol–water partition coefficient (Wildman–Crippen LogP) is 4.81. The van der Waals surface area contributed by atoms with Crippen molar-refractivity contribution in [2.24, 2.45) is 0 Å². The molecule has 0 heterocycles. The van der Waals surface area contributed by atoms with Crippen molar-refractivity contribution in [2.45, 2.75) is 43.9 Å². The highest BCUT2D eigenvalue weighted by Gasteiger charge is 2.73. The fourth-order valence-corrected chi connectivity index (χ4v) is 1.71. The van der Waals surface area contributed by atoms with Crippen LogP contribution in [0, 0.1) is 0 Å².